The molecule has 1 aliphatic heterocycles. The summed E-state index contributed by atoms with van der Waals surface area (Å²) in [6, 6.07) is 16.6. The van der Waals surface area contributed by atoms with Crippen molar-refractivity contribution in [2.75, 3.05) is 18.4 Å². The number of nitrogens with one attached hydrogen (secondary N) is 2. The van der Waals surface area contributed by atoms with Crippen LogP contribution in [0.3, 0.4) is 0 Å². The standard InChI is InChI=1S/C32H30F2N6O3S/c1-20-7-8-24-25(9-10-28(34)27(24)18-44(41,42)17-21-5-3-2-4-6-21)30(20)43-31-26(16-36-19-38-31)29-11-12-37-32(40-29)39-23-13-22(33)14-35-15-23/h2-12,16,19,22-23,35H,13-15,17-18H2,1H3,(H,37,39,40)/t22-,23-/m0/s1. The Morgan fingerprint density at radius 1 is 1.00 bits per heavy atom. The van der Waals surface area contributed by atoms with Crippen LogP contribution in [0.2, 0.25) is 0 Å². The van der Waals surface area contributed by atoms with Gasteiger partial charge in [0.2, 0.25) is 11.8 Å². The number of benzene rings is 3. The molecule has 44 heavy (non-hydrogen) atoms. The molecule has 3 aromatic carbocycles. The fourth-order valence-corrected chi connectivity index (χ4v) is 6.87. The van der Waals surface area contributed by atoms with Gasteiger partial charge in [-0.1, -0.05) is 42.5 Å². The fourth-order valence-electron chi connectivity index (χ4n) is 5.34. The lowest BCUT2D eigenvalue weighted by atomic mass is 10.0. The first-order chi connectivity index (χ1) is 21.3. The average molecular weight is 617 g/mol. The largest absolute Gasteiger partial charge is 0.437 e. The number of fused-ring (bicyclic) bond motifs is 1. The van der Waals surface area contributed by atoms with Gasteiger partial charge in [0.1, 0.15) is 24.1 Å². The molecule has 0 bridgehead atoms. The topological polar surface area (TPSA) is 119 Å². The van der Waals surface area contributed by atoms with Crippen LogP contribution in [-0.4, -0.2) is 53.7 Å². The van der Waals surface area contributed by atoms with Crippen LogP contribution in [0.25, 0.3) is 22.0 Å². The molecule has 0 saturated carbocycles. The Morgan fingerprint density at radius 2 is 1.82 bits per heavy atom. The first-order valence-electron chi connectivity index (χ1n) is 14.1. The minimum atomic E-state index is -3.69. The molecule has 9 nitrogen and oxygen atoms in total. The van der Waals surface area contributed by atoms with Gasteiger partial charge in [-0.05, 0) is 41.6 Å². The van der Waals surface area contributed by atoms with E-state index in [1.54, 1.807) is 60.9 Å². The van der Waals surface area contributed by atoms with Crippen molar-refractivity contribution in [1.82, 2.24) is 25.3 Å². The van der Waals surface area contributed by atoms with Crippen molar-refractivity contribution < 1.29 is 21.9 Å². The predicted octanol–water partition coefficient (Wildman–Crippen LogP) is 5.55. The Hall–Kier alpha value is -4.55. The number of hydrogen-bond acceptors (Lipinski definition) is 9. The molecule has 1 aliphatic rings. The highest BCUT2D eigenvalue weighted by Crippen LogP contribution is 2.38. The Kier molecular flexibility index (Phi) is 8.45. The minimum Gasteiger partial charge on any atom is -0.437 e. The van der Waals surface area contributed by atoms with Crippen LogP contribution >= 0.6 is 0 Å². The highest BCUT2D eigenvalue weighted by molar-refractivity contribution is 7.89. The SMILES string of the molecule is Cc1ccc2c(CS(=O)(=O)Cc3ccccc3)c(F)ccc2c1Oc1ncncc1-c1ccnc(N[C@@H]2CNC[C@@H](F)C2)n1. The number of nitrogens with zero attached hydrogens (tertiary/aromatic N) is 4. The van der Waals surface area contributed by atoms with Crippen molar-refractivity contribution in [2.45, 2.75) is 37.1 Å². The molecule has 0 amide bonds. The van der Waals surface area contributed by atoms with Crippen LogP contribution in [0.4, 0.5) is 14.7 Å². The molecule has 1 saturated heterocycles. The molecule has 0 spiro atoms. The molecule has 0 radical (unpaired) electrons. The highest BCUT2D eigenvalue weighted by Gasteiger charge is 2.23. The van der Waals surface area contributed by atoms with Gasteiger partial charge < -0.3 is 15.4 Å². The molecule has 6 rings (SSSR count). The summed E-state index contributed by atoms with van der Waals surface area (Å²) < 4.78 is 61.7. The molecule has 0 unspecified atom stereocenters. The first kappa shape index (κ1) is 29.5. The molecule has 2 N–H and O–H groups in total. The first-order valence-corrected chi connectivity index (χ1v) is 16.0. The lowest BCUT2D eigenvalue weighted by Crippen LogP contribution is -2.44. The van der Waals surface area contributed by atoms with Gasteiger partial charge in [-0.25, -0.2) is 37.1 Å². The maximum atomic E-state index is 15.2. The molecule has 12 heteroatoms. The van der Waals surface area contributed by atoms with E-state index in [0.717, 1.165) is 5.56 Å². The van der Waals surface area contributed by atoms with Crippen LogP contribution in [0, 0.1) is 12.7 Å². The number of aryl methyl sites for hydroxylation is 1. The second kappa shape index (κ2) is 12.6. The second-order valence-corrected chi connectivity index (χ2v) is 12.9. The summed E-state index contributed by atoms with van der Waals surface area (Å²) >= 11 is 0. The third-order valence-corrected chi connectivity index (χ3v) is 8.93. The number of sulfone groups is 1. The molecule has 226 valence electrons. The number of hydrogen-bond donors (Lipinski definition) is 2. The van der Waals surface area contributed by atoms with E-state index in [-0.39, 0.29) is 23.2 Å². The van der Waals surface area contributed by atoms with E-state index in [0.29, 0.717) is 58.8 Å². The molecule has 5 aromatic rings. The number of rotatable bonds is 9. The van der Waals surface area contributed by atoms with Crippen LogP contribution in [0.1, 0.15) is 23.1 Å². The summed E-state index contributed by atoms with van der Waals surface area (Å²) in [5, 5.41) is 7.19. The Balaban J connectivity index is 1.32. The number of halogens is 2. The quantitative estimate of drug-likeness (QED) is 0.220. The van der Waals surface area contributed by atoms with Crippen molar-refractivity contribution >= 4 is 26.6 Å². The highest BCUT2D eigenvalue weighted by atomic mass is 32.2. The van der Waals surface area contributed by atoms with E-state index in [9.17, 15) is 12.8 Å². The number of piperidine rings is 1. The molecule has 2 aromatic heterocycles. The Bertz CT molecular complexity index is 1910. The monoisotopic (exact) mass is 616 g/mol. The van der Waals surface area contributed by atoms with Crippen molar-refractivity contribution in [3.05, 3.63) is 102 Å². The minimum absolute atomic E-state index is 0.0745. The van der Waals surface area contributed by atoms with E-state index in [1.807, 2.05) is 13.0 Å². The van der Waals surface area contributed by atoms with Crippen molar-refractivity contribution in [3.63, 3.8) is 0 Å². The van der Waals surface area contributed by atoms with Gasteiger partial charge in [0.15, 0.2) is 9.84 Å². The summed E-state index contributed by atoms with van der Waals surface area (Å²) in [4.78, 5) is 17.4. The van der Waals surface area contributed by atoms with Gasteiger partial charge in [-0.3, -0.25) is 0 Å². The molecular weight excluding hydrogens is 586 g/mol. The Labute approximate surface area is 253 Å². The molecule has 2 atom stereocenters. The van der Waals surface area contributed by atoms with Gasteiger partial charge >= 0.3 is 0 Å². The maximum Gasteiger partial charge on any atom is 0.231 e. The lowest BCUT2D eigenvalue weighted by molar-refractivity contribution is 0.254. The van der Waals surface area contributed by atoms with Crippen molar-refractivity contribution in [2.24, 2.45) is 0 Å². The van der Waals surface area contributed by atoms with Crippen molar-refractivity contribution in [3.8, 4) is 22.9 Å². The maximum absolute atomic E-state index is 15.2. The van der Waals surface area contributed by atoms with Crippen LogP contribution in [-0.2, 0) is 21.3 Å². The van der Waals surface area contributed by atoms with Crippen LogP contribution < -0.4 is 15.4 Å². The summed E-state index contributed by atoms with van der Waals surface area (Å²) in [5.41, 5.74) is 2.41. The lowest BCUT2D eigenvalue weighted by Gasteiger charge is -2.26. The molecule has 0 aliphatic carbocycles. The van der Waals surface area contributed by atoms with Gasteiger partial charge in [0.25, 0.3) is 0 Å². The second-order valence-electron chi connectivity index (χ2n) is 10.8. The van der Waals surface area contributed by atoms with Gasteiger partial charge in [-0.2, -0.15) is 0 Å². The smallest absolute Gasteiger partial charge is 0.231 e. The summed E-state index contributed by atoms with van der Waals surface area (Å²) in [5.74, 6) is -0.353. The number of aromatic nitrogens is 4. The number of ether oxygens (including phenoxy) is 1. The van der Waals surface area contributed by atoms with Crippen molar-refractivity contribution in [1.29, 1.82) is 0 Å². The van der Waals surface area contributed by atoms with Gasteiger partial charge in [0, 0.05) is 48.9 Å². The van der Waals surface area contributed by atoms with E-state index in [2.05, 4.69) is 30.6 Å². The van der Waals surface area contributed by atoms with Crippen LogP contribution in [0.5, 0.6) is 11.6 Å². The zero-order valence-corrected chi connectivity index (χ0v) is 24.7. The fraction of sp³-hybridized carbons (Fsp3) is 0.250. The zero-order valence-electron chi connectivity index (χ0n) is 23.9. The normalized spacial score (nSPS) is 17.0. The third kappa shape index (κ3) is 6.66. The predicted molar refractivity (Wildman–Crippen MR) is 164 cm³/mol. The summed E-state index contributed by atoms with van der Waals surface area (Å²) in [6.45, 7) is 2.76. The van der Waals surface area contributed by atoms with E-state index < -0.39 is 27.6 Å². The van der Waals surface area contributed by atoms with E-state index >= 15 is 4.39 Å². The zero-order chi connectivity index (χ0) is 30.7. The molecular formula is C32H30F2N6O3S. The third-order valence-electron chi connectivity index (χ3n) is 7.43. The number of anilines is 1. The van der Waals surface area contributed by atoms with Gasteiger partial charge in [-0.15, -0.1) is 0 Å². The van der Waals surface area contributed by atoms with E-state index in [1.165, 1.54) is 12.4 Å². The van der Waals surface area contributed by atoms with Gasteiger partial charge in [0.05, 0.1) is 22.8 Å². The summed E-state index contributed by atoms with van der Waals surface area (Å²) in [7, 11) is -3.69. The van der Waals surface area contributed by atoms with Crippen LogP contribution in [0.15, 0.2) is 79.4 Å². The Morgan fingerprint density at radius 3 is 2.64 bits per heavy atom. The molecule has 3 heterocycles. The average Bonchev–Trinajstić information content (AvgIpc) is 3.00. The summed E-state index contributed by atoms with van der Waals surface area (Å²) in [6.07, 6.45) is 3.89. The van der Waals surface area contributed by atoms with E-state index in [4.69, 9.17) is 4.74 Å². The number of alkyl halides is 1. The molecule has 1 fully saturated rings.